The van der Waals surface area contributed by atoms with Gasteiger partial charge in [-0.15, -0.1) is 0 Å². The van der Waals surface area contributed by atoms with E-state index < -0.39 is 0 Å². The highest BCUT2D eigenvalue weighted by molar-refractivity contribution is 5.26. The Morgan fingerprint density at radius 2 is 1.93 bits per heavy atom. The van der Waals surface area contributed by atoms with Crippen molar-refractivity contribution in [1.29, 1.82) is 0 Å². The first-order valence-electron chi connectivity index (χ1n) is 5.10. The van der Waals surface area contributed by atoms with Gasteiger partial charge in [-0.1, -0.05) is 24.6 Å². The Bertz CT molecular complexity index is 254. The van der Waals surface area contributed by atoms with Crippen LogP contribution >= 0.6 is 0 Å². The summed E-state index contributed by atoms with van der Waals surface area (Å²) in [6.45, 7) is 4.60. The maximum atomic E-state index is 9.30. The zero-order chi connectivity index (χ0) is 10.4. The summed E-state index contributed by atoms with van der Waals surface area (Å²) in [6, 6.07) is 7.94. The van der Waals surface area contributed by atoms with Gasteiger partial charge in [0.2, 0.25) is 0 Å². The molecule has 1 aromatic carbocycles. The summed E-state index contributed by atoms with van der Waals surface area (Å²) < 4.78 is 5.47. The molecule has 0 fully saturated rings. The molecule has 0 heterocycles. The third-order valence-electron chi connectivity index (χ3n) is 2.21. The lowest BCUT2D eigenvalue weighted by Crippen LogP contribution is -2.10. The predicted octanol–water partition coefficient (Wildman–Crippen LogP) is 2.53. The maximum absolute atomic E-state index is 9.30. The Kier molecular flexibility index (Phi) is 4.47. The number of benzene rings is 1. The molecule has 1 unspecified atom stereocenters. The van der Waals surface area contributed by atoms with E-state index in [4.69, 9.17) is 4.74 Å². The largest absolute Gasteiger partial charge is 0.493 e. The van der Waals surface area contributed by atoms with Crippen LogP contribution in [-0.2, 0) is 0 Å². The van der Waals surface area contributed by atoms with Crippen molar-refractivity contribution in [2.45, 2.75) is 32.8 Å². The molecule has 0 spiro atoms. The third kappa shape index (κ3) is 3.79. The van der Waals surface area contributed by atoms with Gasteiger partial charge >= 0.3 is 0 Å². The van der Waals surface area contributed by atoms with E-state index in [-0.39, 0.29) is 6.10 Å². The molecular formula is C12H18O2. The van der Waals surface area contributed by atoms with Crippen LogP contribution in [0.15, 0.2) is 24.3 Å². The van der Waals surface area contributed by atoms with Crippen LogP contribution in [0.5, 0.6) is 5.75 Å². The smallest absolute Gasteiger partial charge is 0.119 e. The third-order valence-corrected chi connectivity index (χ3v) is 2.21. The van der Waals surface area contributed by atoms with Gasteiger partial charge in [-0.05, 0) is 25.5 Å². The van der Waals surface area contributed by atoms with E-state index in [0.29, 0.717) is 13.0 Å². The molecule has 0 aliphatic carbocycles. The Morgan fingerprint density at radius 1 is 1.29 bits per heavy atom. The van der Waals surface area contributed by atoms with E-state index in [0.717, 1.165) is 12.2 Å². The fraction of sp³-hybridized carbons (Fsp3) is 0.500. The lowest BCUT2D eigenvalue weighted by Gasteiger charge is -2.09. The number of hydrogen-bond acceptors (Lipinski definition) is 2. The van der Waals surface area contributed by atoms with Gasteiger partial charge in [-0.3, -0.25) is 0 Å². The second-order valence-electron chi connectivity index (χ2n) is 3.51. The van der Waals surface area contributed by atoms with Crippen LogP contribution < -0.4 is 4.74 Å². The minimum atomic E-state index is -0.236. The lowest BCUT2D eigenvalue weighted by atomic mass is 10.2. The quantitative estimate of drug-likeness (QED) is 0.780. The van der Waals surface area contributed by atoms with Gasteiger partial charge in [0.05, 0.1) is 12.7 Å². The minimum Gasteiger partial charge on any atom is -0.493 e. The van der Waals surface area contributed by atoms with Crippen LogP contribution in [0.2, 0.25) is 0 Å². The number of aliphatic hydroxyl groups excluding tert-OH is 1. The summed E-state index contributed by atoms with van der Waals surface area (Å²) in [6.07, 6.45) is 1.25. The Hall–Kier alpha value is -1.02. The van der Waals surface area contributed by atoms with Crippen LogP contribution in [0.1, 0.15) is 25.3 Å². The summed E-state index contributed by atoms with van der Waals surface area (Å²) in [7, 11) is 0. The van der Waals surface area contributed by atoms with E-state index >= 15 is 0 Å². The van der Waals surface area contributed by atoms with Crippen molar-refractivity contribution in [2.75, 3.05) is 6.61 Å². The van der Waals surface area contributed by atoms with E-state index in [2.05, 4.69) is 0 Å². The number of rotatable bonds is 5. The van der Waals surface area contributed by atoms with Gasteiger partial charge in [0.1, 0.15) is 5.75 Å². The number of aryl methyl sites for hydroxylation is 1. The molecule has 0 aromatic heterocycles. The molecule has 78 valence electrons. The second-order valence-corrected chi connectivity index (χ2v) is 3.51. The van der Waals surface area contributed by atoms with Gasteiger partial charge in [0, 0.05) is 6.42 Å². The molecule has 1 atom stereocenters. The zero-order valence-corrected chi connectivity index (χ0v) is 8.86. The molecule has 0 amide bonds. The van der Waals surface area contributed by atoms with Crippen molar-refractivity contribution < 1.29 is 9.84 Å². The highest BCUT2D eigenvalue weighted by Crippen LogP contribution is 2.11. The monoisotopic (exact) mass is 194 g/mol. The van der Waals surface area contributed by atoms with E-state index in [1.807, 2.05) is 38.1 Å². The van der Waals surface area contributed by atoms with Crippen molar-refractivity contribution in [2.24, 2.45) is 0 Å². The average Bonchev–Trinajstić information content (AvgIpc) is 2.21. The molecule has 0 aliphatic heterocycles. The molecule has 0 aliphatic rings. The van der Waals surface area contributed by atoms with E-state index in [9.17, 15) is 5.11 Å². The second kappa shape index (κ2) is 5.66. The Balaban J connectivity index is 2.28. The average molecular weight is 194 g/mol. The normalized spacial score (nSPS) is 12.5. The fourth-order valence-corrected chi connectivity index (χ4v) is 1.15. The molecule has 14 heavy (non-hydrogen) atoms. The molecule has 1 aromatic rings. The topological polar surface area (TPSA) is 29.5 Å². The van der Waals surface area contributed by atoms with Gasteiger partial charge in [-0.2, -0.15) is 0 Å². The molecule has 0 saturated carbocycles. The van der Waals surface area contributed by atoms with Crippen molar-refractivity contribution in [1.82, 2.24) is 0 Å². The van der Waals surface area contributed by atoms with E-state index in [1.54, 1.807) is 0 Å². The molecule has 1 rings (SSSR count). The van der Waals surface area contributed by atoms with Crippen LogP contribution in [0.25, 0.3) is 0 Å². The Morgan fingerprint density at radius 3 is 2.50 bits per heavy atom. The van der Waals surface area contributed by atoms with Crippen LogP contribution in [-0.4, -0.2) is 17.8 Å². The molecule has 2 nitrogen and oxygen atoms in total. The summed E-state index contributed by atoms with van der Waals surface area (Å²) in [5, 5.41) is 9.30. The SMILES string of the molecule is CCC(O)CCOc1ccc(C)cc1. The van der Waals surface area contributed by atoms with Crippen molar-refractivity contribution in [3.63, 3.8) is 0 Å². The van der Waals surface area contributed by atoms with Crippen molar-refractivity contribution in [3.8, 4) is 5.75 Å². The number of ether oxygens (including phenoxy) is 1. The van der Waals surface area contributed by atoms with Crippen molar-refractivity contribution >= 4 is 0 Å². The molecule has 0 bridgehead atoms. The molecule has 2 heteroatoms. The number of hydrogen-bond donors (Lipinski definition) is 1. The molecule has 0 radical (unpaired) electrons. The summed E-state index contributed by atoms with van der Waals surface area (Å²) in [5.41, 5.74) is 1.23. The van der Waals surface area contributed by atoms with Gasteiger partial charge in [0.15, 0.2) is 0 Å². The van der Waals surface area contributed by atoms with Crippen LogP contribution in [0.3, 0.4) is 0 Å². The molecule has 0 saturated heterocycles. The predicted molar refractivity (Wildman–Crippen MR) is 57.6 cm³/mol. The maximum Gasteiger partial charge on any atom is 0.119 e. The number of aliphatic hydroxyl groups is 1. The van der Waals surface area contributed by atoms with Crippen molar-refractivity contribution in [3.05, 3.63) is 29.8 Å². The first-order valence-corrected chi connectivity index (χ1v) is 5.10. The lowest BCUT2D eigenvalue weighted by molar-refractivity contribution is 0.135. The Labute approximate surface area is 85.5 Å². The first kappa shape index (κ1) is 11.1. The standard InChI is InChI=1S/C12H18O2/c1-3-11(13)8-9-14-12-6-4-10(2)5-7-12/h4-7,11,13H,3,8-9H2,1-2H3. The van der Waals surface area contributed by atoms with Gasteiger partial charge in [-0.25, -0.2) is 0 Å². The van der Waals surface area contributed by atoms with Gasteiger partial charge < -0.3 is 9.84 Å². The minimum absolute atomic E-state index is 0.236. The zero-order valence-electron chi connectivity index (χ0n) is 8.86. The summed E-state index contributed by atoms with van der Waals surface area (Å²) in [5.74, 6) is 0.874. The first-order chi connectivity index (χ1) is 6.72. The highest BCUT2D eigenvalue weighted by Gasteiger charge is 2.00. The summed E-state index contributed by atoms with van der Waals surface area (Å²) >= 11 is 0. The highest BCUT2D eigenvalue weighted by atomic mass is 16.5. The molecule has 1 N–H and O–H groups in total. The van der Waals surface area contributed by atoms with E-state index in [1.165, 1.54) is 5.56 Å². The fourth-order valence-electron chi connectivity index (χ4n) is 1.15. The van der Waals surface area contributed by atoms with Crippen LogP contribution in [0.4, 0.5) is 0 Å². The summed E-state index contributed by atoms with van der Waals surface area (Å²) in [4.78, 5) is 0. The van der Waals surface area contributed by atoms with Crippen LogP contribution in [0, 0.1) is 6.92 Å². The molecular weight excluding hydrogens is 176 g/mol. The van der Waals surface area contributed by atoms with Gasteiger partial charge in [0.25, 0.3) is 0 Å².